The highest BCUT2D eigenvalue weighted by molar-refractivity contribution is 7.84. The predicted molar refractivity (Wildman–Crippen MR) is 140 cm³/mol. The van der Waals surface area contributed by atoms with Gasteiger partial charge in [0.1, 0.15) is 17.7 Å². The number of thiophene rings is 1. The second-order valence-corrected chi connectivity index (χ2v) is 12.2. The fourth-order valence-electron chi connectivity index (χ4n) is 4.28. The minimum atomic E-state index is -4.12. The van der Waals surface area contributed by atoms with Gasteiger partial charge in [-0.15, -0.1) is 11.3 Å². The van der Waals surface area contributed by atoms with Crippen molar-refractivity contribution in [1.82, 2.24) is 9.97 Å². The molecule has 0 amide bonds. The van der Waals surface area contributed by atoms with Gasteiger partial charge in [0.15, 0.2) is 0 Å². The van der Waals surface area contributed by atoms with E-state index in [9.17, 15) is 23.4 Å². The summed E-state index contributed by atoms with van der Waals surface area (Å²) in [7, 11) is -4.12. The van der Waals surface area contributed by atoms with Gasteiger partial charge in [0, 0.05) is 28.7 Å². The summed E-state index contributed by atoms with van der Waals surface area (Å²) in [5.74, 6) is -0.627. The first-order chi connectivity index (χ1) is 17.3. The Bertz CT molecular complexity index is 1420. The van der Waals surface area contributed by atoms with Crippen LogP contribution in [0.1, 0.15) is 46.1 Å². The molecule has 0 aliphatic heterocycles. The number of aliphatic hydroxyl groups is 2. The van der Waals surface area contributed by atoms with Gasteiger partial charge in [0.25, 0.3) is 0 Å². The van der Waals surface area contributed by atoms with Crippen molar-refractivity contribution in [3.63, 3.8) is 0 Å². The Labute approximate surface area is 227 Å². The van der Waals surface area contributed by atoms with Crippen LogP contribution in [0.5, 0.6) is 0 Å². The maximum Gasteiger partial charge on any atom is 0.333 e. The highest BCUT2D eigenvalue weighted by Crippen LogP contribution is 2.40. The minimum absolute atomic E-state index is 0.174. The van der Waals surface area contributed by atoms with Crippen molar-refractivity contribution in [2.24, 2.45) is 11.1 Å². The molecule has 2 aromatic heterocycles. The number of anilines is 1. The molecule has 37 heavy (non-hydrogen) atoms. The first-order valence-electron chi connectivity index (χ1n) is 11.1. The molecular weight excluding hydrogens is 563 g/mol. The van der Waals surface area contributed by atoms with E-state index in [0.717, 1.165) is 11.3 Å². The zero-order valence-electron chi connectivity index (χ0n) is 19.5. The molecule has 0 radical (unpaired) electrons. The molecule has 1 aromatic carbocycles. The van der Waals surface area contributed by atoms with E-state index in [1.807, 2.05) is 0 Å². The van der Waals surface area contributed by atoms with Crippen molar-refractivity contribution < 1.29 is 27.6 Å². The summed E-state index contributed by atoms with van der Waals surface area (Å²) in [5, 5.41) is 30.0. The fourth-order valence-corrected chi connectivity index (χ4v) is 6.26. The molecule has 198 valence electrons. The average molecular weight is 588 g/mol. The lowest BCUT2D eigenvalue weighted by Crippen LogP contribution is -2.24. The van der Waals surface area contributed by atoms with Gasteiger partial charge >= 0.3 is 10.3 Å². The fraction of sp³-hybridized carbons (Fsp3) is 0.348. The molecule has 3 aromatic rings. The summed E-state index contributed by atoms with van der Waals surface area (Å²) >= 11 is 13.6. The SMILES string of the molecule is CC(O)(c1cccc(Cl)c1)c1cc(C(=O)c2cncnc2N[C@@H]2C[C@H](COS(N)(=O)=O)[C@@H](O)C2)sc1Cl. The Hall–Kier alpha value is -2.16. The van der Waals surface area contributed by atoms with Crippen LogP contribution in [0.2, 0.25) is 9.36 Å². The number of nitrogens with two attached hydrogens (primary N) is 1. The van der Waals surface area contributed by atoms with Gasteiger partial charge in [-0.1, -0.05) is 35.3 Å². The van der Waals surface area contributed by atoms with E-state index < -0.39 is 33.7 Å². The lowest BCUT2D eigenvalue weighted by Gasteiger charge is -2.23. The molecule has 1 aliphatic rings. The molecule has 1 fully saturated rings. The third-order valence-electron chi connectivity index (χ3n) is 6.22. The number of carbonyl (C=O) groups is 1. The van der Waals surface area contributed by atoms with Gasteiger partial charge < -0.3 is 15.5 Å². The summed E-state index contributed by atoms with van der Waals surface area (Å²) in [6.45, 7) is 1.32. The zero-order valence-corrected chi connectivity index (χ0v) is 22.6. The topological polar surface area (TPSA) is 165 Å². The van der Waals surface area contributed by atoms with Crippen LogP contribution < -0.4 is 10.5 Å². The van der Waals surface area contributed by atoms with Crippen LogP contribution in [0, 0.1) is 5.92 Å². The van der Waals surface area contributed by atoms with E-state index in [2.05, 4.69) is 19.5 Å². The number of aliphatic hydroxyl groups excluding tert-OH is 1. The molecule has 2 heterocycles. The molecule has 1 saturated carbocycles. The first kappa shape index (κ1) is 27.9. The van der Waals surface area contributed by atoms with E-state index in [0.29, 0.717) is 22.6 Å². The molecule has 5 N–H and O–H groups in total. The second-order valence-electron chi connectivity index (χ2n) is 8.91. The van der Waals surface area contributed by atoms with Gasteiger partial charge in [-0.3, -0.25) is 8.98 Å². The molecule has 14 heteroatoms. The number of halogens is 2. The van der Waals surface area contributed by atoms with Crippen molar-refractivity contribution in [3.05, 3.63) is 73.8 Å². The molecule has 1 unspecified atom stereocenters. The van der Waals surface area contributed by atoms with E-state index >= 15 is 0 Å². The highest BCUT2D eigenvalue weighted by atomic mass is 35.5. The van der Waals surface area contributed by atoms with Gasteiger partial charge in [-0.05, 0) is 43.5 Å². The Morgan fingerprint density at radius 2 is 2.08 bits per heavy atom. The van der Waals surface area contributed by atoms with Crippen LogP contribution in [0.3, 0.4) is 0 Å². The van der Waals surface area contributed by atoms with Gasteiger partial charge in [-0.25, -0.2) is 15.1 Å². The van der Waals surface area contributed by atoms with Crippen LogP contribution in [0.4, 0.5) is 5.82 Å². The predicted octanol–water partition coefficient (Wildman–Crippen LogP) is 3.10. The van der Waals surface area contributed by atoms with Crippen LogP contribution in [-0.2, 0) is 20.1 Å². The number of nitrogens with zero attached hydrogens (tertiary/aromatic N) is 2. The average Bonchev–Trinajstić information content (AvgIpc) is 3.39. The van der Waals surface area contributed by atoms with Crippen molar-refractivity contribution >= 4 is 56.4 Å². The maximum atomic E-state index is 13.4. The van der Waals surface area contributed by atoms with Gasteiger partial charge in [-0.2, -0.15) is 8.42 Å². The highest BCUT2D eigenvalue weighted by Gasteiger charge is 2.35. The first-order valence-corrected chi connectivity index (χ1v) is 14.1. The number of carbonyl (C=O) groups excluding carboxylic acids is 1. The summed E-state index contributed by atoms with van der Waals surface area (Å²) in [6.07, 6.45) is 2.47. The van der Waals surface area contributed by atoms with E-state index in [4.69, 9.17) is 28.3 Å². The molecule has 0 saturated heterocycles. The summed E-state index contributed by atoms with van der Waals surface area (Å²) in [4.78, 5) is 21.9. The third-order valence-corrected chi connectivity index (χ3v) is 8.28. The molecular formula is C23H24Cl2N4O6S2. The quantitative estimate of drug-likeness (QED) is 0.275. The van der Waals surface area contributed by atoms with Crippen LogP contribution in [0.25, 0.3) is 0 Å². The molecule has 1 aliphatic carbocycles. The summed E-state index contributed by atoms with van der Waals surface area (Å²) in [6, 6.07) is 7.97. The standard InChI is InChI=1S/C23H24Cl2N4O6S2/c1-23(32,13-3-2-4-14(24)6-13)17-8-19(36-21(17)25)20(31)16-9-27-11-28-22(16)29-15-5-12(18(30)7-15)10-35-37(26,33)34/h2-4,6,8-9,11-12,15,18,30,32H,5,7,10H2,1H3,(H2,26,33,34)(H,27,28,29)/t12-,15-,18+,23?/m1/s1. The number of nitrogens with one attached hydrogen (secondary N) is 1. The number of ketones is 1. The summed E-state index contributed by atoms with van der Waals surface area (Å²) < 4.78 is 27.0. The molecule has 10 nitrogen and oxygen atoms in total. The monoisotopic (exact) mass is 586 g/mol. The largest absolute Gasteiger partial charge is 0.393 e. The van der Waals surface area contributed by atoms with Crippen molar-refractivity contribution in [1.29, 1.82) is 0 Å². The molecule has 4 rings (SSSR count). The van der Waals surface area contributed by atoms with Crippen molar-refractivity contribution in [2.45, 2.75) is 37.5 Å². The van der Waals surface area contributed by atoms with Gasteiger partial charge in [0.05, 0.1) is 27.5 Å². The normalized spacial score (nSPS) is 21.5. The Morgan fingerprint density at radius 1 is 1.32 bits per heavy atom. The zero-order chi connectivity index (χ0) is 27.0. The van der Waals surface area contributed by atoms with Crippen LogP contribution >= 0.6 is 34.5 Å². The number of aromatic nitrogens is 2. The van der Waals surface area contributed by atoms with Crippen LogP contribution in [0.15, 0.2) is 42.9 Å². The number of hydrogen-bond donors (Lipinski definition) is 4. The van der Waals surface area contributed by atoms with E-state index in [1.54, 1.807) is 31.2 Å². The van der Waals surface area contributed by atoms with Crippen molar-refractivity contribution in [2.75, 3.05) is 11.9 Å². The van der Waals surface area contributed by atoms with Crippen molar-refractivity contribution in [3.8, 4) is 0 Å². The maximum absolute atomic E-state index is 13.4. The van der Waals surface area contributed by atoms with Crippen LogP contribution in [-0.4, -0.2) is 53.1 Å². The Morgan fingerprint density at radius 3 is 2.78 bits per heavy atom. The molecule has 4 atom stereocenters. The Balaban J connectivity index is 1.54. The number of hydrogen-bond acceptors (Lipinski definition) is 10. The smallest absolute Gasteiger partial charge is 0.333 e. The summed E-state index contributed by atoms with van der Waals surface area (Å²) in [5.41, 5.74) is -0.454. The number of benzene rings is 1. The van der Waals surface area contributed by atoms with E-state index in [-0.39, 0.29) is 39.7 Å². The minimum Gasteiger partial charge on any atom is -0.393 e. The molecule has 0 bridgehead atoms. The van der Waals surface area contributed by atoms with E-state index in [1.165, 1.54) is 18.6 Å². The number of rotatable bonds is 9. The van der Waals surface area contributed by atoms with Gasteiger partial charge in [0.2, 0.25) is 5.78 Å². The second kappa shape index (κ2) is 10.9. The third kappa shape index (κ3) is 6.47. The lowest BCUT2D eigenvalue weighted by atomic mass is 9.89. The Kier molecular flexibility index (Phi) is 8.22. The lowest BCUT2D eigenvalue weighted by molar-refractivity contribution is 0.100. The molecule has 0 spiro atoms.